The fourth-order valence-electron chi connectivity index (χ4n) is 2.20. The highest BCUT2D eigenvalue weighted by Gasteiger charge is 2.39. The van der Waals surface area contributed by atoms with Crippen molar-refractivity contribution in [1.29, 1.82) is 0 Å². The van der Waals surface area contributed by atoms with Crippen LogP contribution in [0.5, 0.6) is 17.2 Å². The summed E-state index contributed by atoms with van der Waals surface area (Å²) in [5.41, 5.74) is 6.55. The number of halogens is 1. The van der Waals surface area contributed by atoms with Crippen LogP contribution in [0.3, 0.4) is 0 Å². The zero-order chi connectivity index (χ0) is 11.3. The van der Waals surface area contributed by atoms with Crippen molar-refractivity contribution in [3.63, 3.8) is 0 Å². The zero-order valence-corrected chi connectivity index (χ0v) is 10.2. The minimum Gasteiger partial charge on any atom is -0.506 e. The number of benzene rings is 1. The van der Waals surface area contributed by atoms with Gasteiger partial charge in [-0.1, -0.05) is 0 Å². The standard InChI is InChI=1S/C11H12BrNO3/c12-8-9(14)6(11(13)2-1-3-11)4-7-10(8)16-5-15-7/h4,14H,1-3,5,13H2. The van der Waals surface area contributed by atoms with E-state index in [-0.39, 0.29) is 12.5 Å². The molecule has 0 bridgehead atoms. The second-order valence-electron chi connectivity index (χ2n) is 4.33. The Morgan fingerprint density at radius 1 is 1.38 bits per heavy atom. The van der Waals surface area contributed by atoms with Gasteiger partial charge in [0.2, 0.25) is 6.79 Å². The van der Waals surface area contributed by atoms with E-state index in [1.807, 2.05) is 0 Å². The van der Waals surface area contributed by atoms with E-state index in [4.69, 9.17) is 15.2 Å². The summed E-state index contributed by atoms with van der Waals surface area (Å²) in [6.45, 7) is 0.189. The summed E-state index contributed by atoms with van der Waals surface area (Å²) in [5.74, 6) is 1.38. The van der Waals surface area contributed by atoms with Crippen LogP contribution in [0.15, 0.2) is 10.5 Å². The molecule has 1 aliphatic carbocycles. The van der Waals surface area contributed by atoms with Gasteiger partial charge in [-0.3, -0.25) is 0 Å². The quantitative estimate of drug-likeness (QED) is 0.831. The Bertz CT molecular complexity index is 457. The molecule has 0 amide bonds. The summed E-state index contributed by atoms with van der Waals surface area (Å²) in [5, 5.41) is 10.1. The Kier molecular flexibility index (Phi) is 2.09. The Balaban J connectivity index is 2.16. The second-order valence-corrected chi connectivity index (χ2v) is 5.12. The van der Waals surface area contributed by atoms with E-state index >= 15 is 0 Å². The summed E-state index contributed by atoms with van der Waals surface area (Å²) in [4.78, 5) is 0. The lowest BCUT2D eigenvalue weighted by Crippen LogP contribution is -2.43. The van der Waals surface area contributed by atoms with Crippen molar-refractivity contribution in [2.45, 2.75) is 24.8 Å². The maximum Gasteiger partial charge on any atom is 0.231 e. The van der Waals surface area contributed by atoms with Gasteiger partial charge in [-0.2, -0.15) is 0 Å². The highest BCUT2D eigenvalue weighted by Crippen LogP contribution is 2.52. The summed E-state index contributed by atoms with van der Waals surface area (Å²) in [6, 6.07) is 1.79. The van der Waals surface area contributed by atoms with Gasteiger partial charge in [0.25, 0.3) is 0 Å². The first-order chi connectivity index (χ1) is 7.62. The molecule has 0 radical (unpaired) electrons. The average molecular weight is 286 g/mol. The van der Waals surface area contributed by atoms with Gasteiger partial charge in [0.15, 0.2) is 11.5 Å². The third kappa shape index (κ3) is 1.25. The largest absolute Gasteiger partial charge is 0.506 e. The molecule has 3 N–H and O–H groups in total. The smallest absolute Gasteiger partial charge is 0.231 e. The van der Waals surface area contributed by atoms with Crippen molar-refractivity contribution < 1.29 is 14.6 Å². The molecule has 1 aromatic rings. The van der Waals surface area contributed by atoms with Gasteiger partial charge in [0, 0.05) is 11.1 Å². The molecule has 0 unspecified atom stereocenters. The minimum absolute atomic E-state index is 0.173. The minimum atomic E-state index is -0.409. The first-order valence-electron chi connectivity index (χ1n) is 5.22. The van der Waals surface area contributed by atoms with Gasteiger partial charge in [-0.15, -0.1) is 0 Å². The number of ether oxygens (including phenoxy) is 2. The average Bonchev–Trinajstić information content (AvgIpc) is 2.68. The van der Waals surface area contributed by atoms with Crippen LogP contribution in [0.1, 0.15) is 24.8 Å². The summed E-state index contributed by atoms with van der Waals surface area (Å²) in [6.07, 6.45) is 2.89. The molecule has 0 saturated heterocycles. The number of phenolic OH excluding ortho intramolecular Hbond substituents is 1. The number of aromatic hydroxyl groups is 1. The first kappa shape index (κ1) is 10.2. The lowest BCUT2D eigenvalue weighted by Gasteiger charge is -2.39. The van der Waals surface area contributed by atoms with E-state index in [1.54, 1.807) is 6.07 Å². The molecule has 4 nitrogen and oxygen atoms in total. The molecule has 1 heterocycles. The highest BCUT2D eigenvalue weighted by molar-refractivity contribution is 9.10. The predicted octanol–water partition coefficient (Wildman–Crippen LogP) is 2.22. The van der Waals surface area contributed by atoms with Crippen molar-refractivity contribution in [2.75, 3.05) is 6.79 Å². The maximum absolute atomic E-state index is 10.1. The SMILES string of the molecule is NC1(c2cc3c(c(Br)c2O)OCO3)CCC1. The van der Waals surface area contributed by atoms with Gasteiger partial charge in [-0.05, 0) is 41.3 Å². The van der Waals surface area contributed by atoms with Crippen LogP contribution in [0.4, 0.5) is 0 Å². The van der Waals surface area contributed by atoms with E-state index in [0.29, 0.717) is 16.0 Å². The molecule has 0 aromatic heterocycles. The third-order valence-corrected chi connectivity index (χ3v) is 4.10. The van der Waals surface area contributed by atoms with Crippen LogP contribution in [0.25, 0.3) is 0 Å². The van der Waals surface area contributed by atoms with Gasteiger partial charge >= 0.3 is 0 Å². The lowest BCUT2D eigenvalue weighted by molar-refractivity contribution is 0.173. The van der Waals surface area contributed by atoms with Crippen molar-refractivity contribution in [2.24, 2.45) is 5.73 Å². The Morgan fingerprint density at radius 3 is 2.75 bits per heavy atom. The molecule has 16 heavy (non-hydrogen) atoms. The highest BCUT2D eigenvalue weighted by atomic mass is 79.9. The third-order valence-electron chi connectivity index (χ3n) is 3.36. The number of hydrogen-bond acceptors (Lipinski definition) is 4. The van der Waals surface area contributed by atoms with Crippen LogP contribution in [-0.2, 0) is 5.54 Å². The molecule has 0 spiro atoms. The lowest BCUT2D eigenvalue weighted by atomic mass is 9.72. The Morgan fingerprint density at radius 2 is 2.12 bits per heavy atom. The molecule has 1 saturated carbocycles. The van der Waals surface area contributed by atoms with E-state index in [0.717, 1.165) is 24.8 Å². The van der Waals surface area contributed by atoms with E-state index in [9.17, 15) is 5.11 Å². The molecule has 3 rings (SSSR count). The number of fused-ring (bicyclic) bond motifs is 1. The van der Waals surface area contributed by atoms with Crippen LogP contribution in [-0.4, -0.2) is 11.9 Å². The van der Waals surface area contributed by atoms with Crippen LogP contribution in [0, 0.1) is 0 Å². The molecule has 5 heteroatoms. The van der Waals surface area contributed by atoms with E-state index in [2.05, 4.69) is 15.9 Å². The topological polar surface area (TPSA) is 64.7 Å². The molecular weight excluding hydrogens is 274 g/mol. The van der Waals surface area contributed by atoms with E-state index < -0.39 is 5.54 Å². The predicted molar refractivity (Wildman–Crippen MR) is 61.6 cm³/mol. The fourth-order valence-corrected chi connectivity index (χ4v) is 2.72. The van der Waals surface area contributed by atoms with Crippen LogP contribution < -0.4 is 15.2 Å². The van der Waals surface area contributed by atoms with Crippen molar-refractivity contribution in [3.8, 4) is 17.2 Å². The Hall–Kier alpha value is -0.940. The van der Waals surface area contributed by atoms with Crippen molar-refractivity contribution >= 4 is 15.9 Å². The summed E-state index contributed by atoms with van der Waals surface area (Å²) < 4.78 is 11.1. The van der Waals surface area contributed by atoms with Gasteiger partial charge in [0.1, 0.15) is 10.2 Å². The number of rotatable bonds is 1. The second kappa shape index (κ2) is 3.28. The maximum atomic E-state index is 10.1. The number of nitrogens with two attached hydrogens (primary N) is 1. The number of phenols is 1. The van der Waals surface area contributed by atoms with Gasteiger partial charge in [0.05, 0.1) is 0 Å². The van der Waals surface area contributed by atoms with Crippen LogP contribution in [0.2, 0.25) is 0 Å². The van der Waals surface area contributed by atoms with Gasteiger partial charge < -0.3 is 20.3 Å². The van der Waals surface area contributed by atoms with Gasteiger partial charge in [-0.25, -0.2) is 0 Å². The normalized spacial score (nSPS) is 20.6. The zero-order valence-electron chi connectivity index (χ0n) is 8.62. The molecular formula is C11H12BrNO3. The summed E-state index contributed by atoms with van der Waals surface area (Å²) in [7, 11) is 0. The molecule has 0 atom stereocenters. The first-order valence-corrected chi connectivity index (χ1v) is 6.01. The monoisotopic (exact) mass is 285 g/mol. The van der Waals surface area contributed by atoms with Crippen molar-refractivity contribution in [1.82, 2.24) is 0 Å². The summed E-state index contributed by atoms with van der Waals surface area (Å²) >= 11 is 3.32. The van der Waals surface area contributed by atoms with E-state index in [1.165, 1.54) is 0 Å². The fraction of sp³-hybridized carbons (Fsp3) is 0.455. The molecule has 2 aliphatic rings. The molecule has 1 aliphatic heterocycles. The van der Waals surface area contributed by atoms with Crippen LogP contribution >= 0.6 is 15.9 Å². The Labute approximate surface area is 101 Å². The van der Waals surface area contributed by atoms with Crippen molar-refractivity contribution in [3.05, 3.63) is 16.1 Å². The number of hydrogen-bond donors (Lipinski definition) is 2. The molecule has 1 aromatic carbocycles. The molecule has 1 fully saturated rings. The molecule has 86 valence electrons.